The van der Waals surface area contributed by atoms with E-state index in [1.807, 2.05) is 48.7 Å². The predicted octanol–water partition coefficient (Wildman–Crippen LogP) is 1.73. The van der Waals surface area contributed by atoms with Crippen molar-refractivity contribution in [3.63, 3.8) is 0 Å². The van der Waals surface area contributed by atoms with Crippen molar-refractivity contribution in [2.45, 2.75) is 25.9 Å². The van der Waals surface area contributed by atoms with Gasteiger partial charge in [-0.3, -0.25) is 19.5 Å². The zero-order chi connectivity index (χ0) is 20.5. The number of pyridine rings is 1. The normalized spacial score (nSPS) is 14.9. The van der Waals surface area contributed by atoms with Crippen molar-refractivity contribution in [2.24, 2.45) is 5.92 Å². The molecule has 7 heteroatoms. The molecule has 1 saturated heterocycles. The maximum atomic E-state index is 12.1. The molecule has 1 aromatic carbocycles. The average molecular weight is 396 g/mol. The fraction of sp³-hybridized carbons (Fsp3) is 0.409. The lowest BCUT2D eigenvalue weighted by Gasteiger charge is -2.31. The number of aromatic nitrogens is 1. The van der Waals surface area contributed by atoms with Gasteiger partial charge in [-0.05, 0) is 61.7 Å². The number of carbonyl (C=O) groups is 2. The van der Waals surface area contributed by atoms with Crippen LogP contribution < -0.4 is 15.4 Å². The van der Waals surface area contributed by atoms with Crippen molar-refractivity contribution >= 4 is 11.8 Å². The number of hydrogen-bond donors (Lipinski definition) is 2. The minimum Gasteiger partial charge on any atom is -0.497 e. The predicted molar refractivity (Wildman–Crippen MR) is 110 cm³/mol. The highest BCUT2D eigenvalue weighted by Gasteiger charge is 2.21. The monoisotopic (exact) mass is 396 g/mol. The molecule has 0 unspecified atom stereocenters. The maximum absolute atomic E-state index is 12.1. The first-order valence-corrected chi connectivity index (χ1v) is 9.95. The summed E-state index contributed by atoms with van der Waals surface area (Å²) >= 11 is 0. The van der Waals surface area contributed by atoms with E-state index in [0.717, 1.165) is 49.5 Å². The Hall–Kier alpha value is -2.93. The molecule has 1 aliphatic rings. The molecule has 0 atom stereocenters. The second kappa shape index (κ2) is 10.6. The summed E-state index contributed by atoms with van der Waals surface area (Å²) in [6.45, 7) is 3.64. The first kappa shape index (κ1) is 20.8. The summed E-state index contributed by atoms with van der Waals surface area (Å²) in [5, 5.41) is 5.42. The summed E-state index contributed by atoms with van der Waals surface area (Å²) in [6, 6.07) is 13.3. The molecule has 0 aliphatic carbocycles. The van der Waals surface area contributed by atoms with Crippen LogP contribution in [-0.2, 0) is 22.7 Å². The molecule has 154 valence electrons. The number of hydrogen-bond acceptors (Lipinski definition) is 5. The smallest absolute Gasteiger partial charge is 0.309 e. The van der Waals surface area contributed by atoms with Crippen molar-refractivity contribution in [1.29, 1.82) is 0 Å². The number of likely N-dealkylation sites (tertiary alicyclic amines) is 1. The molecule has 0 saturated carbocycles. The number of ether oxygens (including phenoxy) is 1. The molecule has 2 N–H and O–H groups in total. The molecule has 0 bridgehead atoms. The van der Waals surface area contributed by atoms with Gasteiger partial charge >= 0.3 is 11.8 Å². The third-order valence-corrected chi connectivity index (χ3v) is 5.19. The molecule has 1 aromatic heterocycles. The third kappa shape index (κ3) is 6.57. The fourth-order valence-corrected chi connectivity index (χ4v) is 3.39. The number of benzene rings is 1. The molecule has 2 aromatic rings. The number of nitrogens with one attached hydrogen (secondary N) is 2. The van der Waals surface area contributed by atoms with Gasteiger partial charge in [-0.1, -0.05) is 18.2 Å². The largest absolute Gasteiger partial charge is 0.497 e. The molecular weight excluding hydrogens is 368 g/mol. The summed E-state index contributed by atoms with van der Waals surface area (Å²) in [5.74, 6) is -0.0277. The van der Waals surface area contributed by atoms with E-state index in [1.54, 1.807) is 7.11 Å². The Balaban J connectivity index is 1.33. The molecule has 1 fully saturated rings. The highest BCUT2D eigenvalue weighted by molar-refractivity contribution is 6.35. The van der Waals surface area contributed by atoms with Crippen LogP contribution in [0.5, 0.6) is 5.75 Å². The maximum Gasteiger partial charge on any atom is 0.309 e. The van der Waals surface area contributed by atoms with Crippen molar-refractivity contribution in [3.05, 3.63) is 59.9 Å². The van der Waals surface area contributed by atoms with Crippen LogP contribution in [0.25, 0.3) is 0 Å². The van der Waals surface area contributed by atoms with Gasteiger partial charge in [0.15, 0.2) is 0 Å². The summed E-state index contributed by atoms with van der Waals surface area (Å²) in [6.07, 6.45) is 3.82. The highest BCUT2D eigenvalue weighted by Crippen LogP contribution is 2.18. The molecule has 2 amide bonds. The first-order chi connectivity index (χ1) is 14.1. The van der Waals surface area contributed by atoms with Crippen molar-refractivity contribution in [3.8, 4) is 5.75 Å². The quantitative estimate of drug-likeness (QED) is 0.697. The Morgan fingerprint density at radius 2 is 1.79 bits per heavy atom. The lowest BCUT2D eigenvalue weighted by molar-refractivity contribution is -0.139. The van der Waals surface area contributed by atoms with Crippen molar-refractivity contribution in [1.82, 2.24) is 20.5 Å². The number of amides is 2. The van der Waals surface area contributed by atoms with Crippen LogP contribution in [0.1, 0.15) is 24.1 Å². The van der Waals surface area contributed by atoms with Gasteiger partial charge in [-0.2, -0.15) is 0 Å². The molecule has 1 aliphatic heterocycles. The Labute approximate surface area is 171 Å². The van der Waals surface area contributed by atoms with Crippen LogP contribution in [0.3, 0.4) is 0 Å². The summed E-state index contributed by atoms with van der Waals surface area (Å²) in [7, 11) is 1.60. The van der Waals surface area contributed by atoms with E-state index >= 15 is 0 Å². The van der Waals surface area contributed by atoms with E-state index in [2.05, 4.69) is 20.5 Å². The molecule has 7 nitrogen and oxygen atoms in total. The molecule has 0 radical (unpaired) electrons. The van der Waals surface area contributed by atoms with Crippen molar-refractivity contribution < 1.29 is 14.3 Å². The standard InChI is InChI=1S/C22H28N4O3/c1-29-20-7-5-17(6-8-20)14-24-21(27)22(28)25-15-18-9-12-26(13-10-18)16-19-4-2-3-11-23-19/h2-8,11,18H,9-10,12-16H2,1H3,(H,24,27)(H,25,28). The zero-order valence-corrected chi connectivity index (χ0v) is 16.8. The van der Waals surface area contributed by atoms with Crippen LogP contribution in [0, 0.1) is 5.92 Å². The molecular formula is C22H28N4O3. The number of carbonyl (C=O) groups excluding carboxylic acids is 2. The van der Waals surface area contributed by atoms with Crippen LogP contribution >= 0.6 is 0 Å². The van der Waals surface area contributed by atoms with E-state index < -0.39 is 11.8 Å². The van der Waals surface area contributed by atoms with Gasteiger partial charge in [0, 0.05) is 25.8 Å². The Bertz CT molecular complexity index is 787. The van der Waals surface area contributed by atoms with Gasteiger partial charge in [0.2, 0.25) is 0 Å². The second-order valence-corrected chi connectivity index (χ2v) is 7.28. The van der Waals surface area contributed by atoms with Crippen LogP contribution in [0.4, 0.5) is 0 Å². The van der Waals surface area contributed by atoms with Gasteiger partial charge in [0.05, 0.1) is 12.8 Å². The highest BCUT2D eigenvalue weighted by atomic mass is 16.5. The van der Waals surface area contributed by atoms with Gasteiger partial charge in [0.1, 0.15) is 5.75 Å². The molecule has 29 heavy (non-hydrogen) atoms. The van der Waals surface area contributed by atoms with E-state index in [9.17, 15) is 9.59 Å². The minimum atomic E-state index is -0.603. The molecule has 3 rings (SSSR count). The molecule has 0 spiro atoms. The van der Waals surface area contributed by atoms with Gasteiger partial charge in [-0.25, -0.2) is 0 Å². The van der Waals surface area contributed by atoms with Gasteiger partial charge in [0.25, 0.3) is 0 Å². The second-order valence-electron chi connectivity index (χ2n) is 7.28. The lowest BCUT2D eigenvalue weighted by atomic mass is 9.96. The number of rotatable bonds is 7. The van der Waals surface area contributed by atoms with Gasteiger partial charge < -0.3 is 15.4 Å². The Kier molecular flexibility index (Phi) is 7.58. The summed E-state index contributed by atoms with van der Waals surface area (Å²) < 4.78 is 5.10. The average Bonchev–Trinajstić information content (AvgIpc) is 2.77. The van der Waals surface area contributed by atoms with Gasteiger partial charge in [-0.15, -0.1) is 0 Å². The van der Waals surface area contributed by atoms with E-state index in [4.69, 9.17) is 4.74 Å². The minimum absolute atomic E-state index is 0.308. The summed E-state index contributed by atoms with van der Waals surface area (Å²) in [4.78, 5) is 30.8. The first-order valence-electron chi connectivity index (χ1n) is 9.95. The topological polar surface area (TPSA) is 83.6 Å². The van der Waals surface area contributed by atoms with E-state index in [0.29, 0.717) is 19.0 Å². The Morgan fingerprint density at radius 3 is 2.45 bits per heavy atom. The summed E-state index contributed by atoms with van der Waals surface area (Å²) in [5.41, 5.74) is 1.99. The number of piperidine rings is 1. The fourth-order valence-electron chi connectivity index (χ4n) is 3.39. The zero-order valence-electron chi connectivity index (χ0n) is 16.8. The van der Waals surface area contributed by atoms with Crippen LogP contribution in [-0.4, -0.2) is 48.4 Å². The van der Waals surface area contributed by atoms with E-state index in [-0.39, 0.29) is 0 Å². The lowest BCUT2D eigenvalue weighted by Crippen LogP contribution is -2.43. The Morgan fingerprint density at radius 1 is 1.07 bits per heavy atom. The third-order valence-electron chi connectivity index (χ3n) is 5.19. The molecule has 2 heterocycles. The SMILES string of the molecule is COc1ccc(CNC(=O)C(=O)NCC2CCN(Cc3ccccn3)CC2)cc1. The number of nitrogens with zero attached hydrogens (tertiary/aromatic N) is 2. The van der Waals surface area contributed by atoms with Crippen LogP contribution in [0.15, 0.2) is 48.7 Å². The number of methoxy groups -OCH3 is 1. The van der Waals surface area contributed by atoms with Crippen LogP contribution in [0.2, 0.25) is 0 Å². The van der Waals surface area contributed by atoms with E-state index in [1.165, 1.54) is 0 Å². The van der Waals surface area contributed by atoms with Crippen molar-refractivity contribution in [2.75, 3.05) is 26.7 Å².